The molecule has 0 saturated heterocycles. The summed E-state index contributed by atoms with van der Waals surface area (Å²) in [6, 6.07) is 8.17. The van der Waals surface area contributed by atoms with Crippen LogP contribution in [-0.2, 0) is 10.5 Å². The van der Waals surface area contributed by atoms with Crippen LogP contribution in [0.3, 0.4) is 0 Å². The molecule has 0 bridgehead atoms. The van der Waals surface area contributed by atoms with Gasteiger partial charge in [0.05, 0.1) is 23.6 Å². The summed E-state index contributed by atoms with van der Waals surface area (Å²) < 4.78 is 5.06. The molecule has 0 radical (unpaired) electrons. The van der Waals surface area contributed by atoms with Crippen molar-refractivity contribution in [3.63, 3.8) is 0 Å². The minimum atomic E-state index is -0.379. The van der Waals surface area contributed by atoms with Crippen LogP contribution >= 0.6 is 11.8 Å². The molecular formula is C19H23NO3S. The number of benzene rings is 1. The summed E-state index contributed by atoms with van der Waals surface area (Å²) in [5, 5.41) is 0. The van der Waals surface area contributed by atoms with Crippen LogP contribution in [0.25, 0.3) is 0 Å². The third kappa shape index (κ3) is 4.09. The lowest BCUT2D eigenvalue weighted by molar-refractivity contribution is 0.0525. The number of thioether (sulfide) groups is 1. The highest BCUT2D eigenvalue weighted by molar-refractivity contribution is 7.99. The number of carbonyl (C=O) groups excluding carboxylic acids is 2. The summed E-state index contributed by atoms with van der Waals surface area (Å²) in [5.74, 6) is 0.791. The maximum atomic E-state index is 12.5. The van der Waals surface area contributed by atoms with E-state index in [1.165, 1.54) is 11.1 Å². The third-order valence-corrected chi connectivity index (χ3v) is 4.93. The molecule has 1 heterocycles. The molecule has 0 fully saturated rings. The summed E-state index contributed by atoms with van der Waals surface area (Å²) in [6.45, 7) is 7.73. The van der Waals surface area contributed by atoms with Crippen LogP contribution in [0.5, 0.6) is 0 Å². The minimum Gasteiger partial charge on any atom is -0.462 e. The van der Waals surface area contributed by atoms with Crippen molar-refractivity contribution in [2.75, 3.05) is 12.4 Å². The number of ketones is 1. The number of Topliss-reactive ketones (excluding diaryl/α,β-unsaturated/α-hetero) is 1. The number of ether oxygens (including phenoxy) is 1. The largest absolute Gasteiger partial charge is 0.462 e. The van der Waals surface area contributed by atoms with Gasteiger partial charge in [-0.1, -0.05) is 24.3 Å². The van der Waals surface area contributed by atoms with Gasteiger partial charge in [-0.05, 0) is 44.4 Å². The highest BCUT2D eigenvalue weighted by atomic mass is 32.2. The normalized spacial score (nSPS) is 10.7. The van der Waals surface area contributed by atoms with Crippen LogP contribution in [0.2, 0.25) is 0 Å². The summed E-state index contributed by atoms with van der Waals surface area (Å²) in [7, 11) is 0. The number of rotatable bonds is 7. The maximum Gasteiger partial charge on any atom is 0.340 e. The van der Waals surface area contributed by atoms with Gasteiger partial charge in [-0.25, -0.2) is 4.79 Å². The number of hydrogen-bond donors (Lipinski definition) is 1. The number of aromatic nitrogens is 1. The Labute approximate surface area is 147 Å². The van der Waals surface area contributed by atoms with Gasteiger partial charge >= 0.3 is 5.97 Å². The van der Waals surface area contributed by atoms with Crippen molar-refractivity contribution in [3.8, 4) is 0 Å². The smallest absolute Gasteiger partial charge is 0.340 e. The topological polar surface area (TPSA) is 59.2 Å². The Kier molecular flexibility index (Phi) is 6.26. The molecule has 0 aliphatic carbocycles. The van der Waals surface area contributed by atoms with Crippen LogP contribution in [0.4, 0.5) is 0 Å². The van der Waals surface area contributed by atoms with Crippen LogP contribution in [-0.4, -0.2) is 29.1 Å². The third-order valence-electron chi connectivity index (χ3n) is 3.95. The fourth-order valence-corrected chi connectivity index (χ4v) is 3.61. The van der Waals surface area contributed by atoms with E-state index in [4.69, 9.17) is 4.74 Å². The Hall–Kier alpha value is -2.01. The highest BCUT2D eigenvalue weighted by Gasteiger charge is 2.22. The van der Waals surface area contributed by atoms with Gasteiger partial charge in [-0.2, -0.15) is 0 Å². The monoisotopic (exact) mass is 345 g/mol. The van der Waals surface area contributed by atoms with E-state index < -0.39 is 0 Å². The molecule has 0 aliphatic heterocycles. The summed E-state index contributed by atoms with van der Waals surface area (Å²) in [5.41, 5.74) is 4.80. The standard InChI is InChI=1S/C19H23NO3S/c1-5-23-19(22)17-13(3)18(20-14(17)4)16(21)11-24-10-15-9-7-6-8-12(15)2/h6-9,20H,5,10-11H2,1-4H3. The van der Waals surface area contributed by atoms with Crippen LogP contribution in [0.1, 0.15) is 50.2 Å². The molecule has 0 unspecified atom stereocenters. The Bertz CT molecular complexity index is 749. The molecule has 4 nitrogen and oxygen atoms in total. The lowest BCUT2D eigenvalue weighted by atomic mass is 10.1. The van der Waals surface area contributed by atoms with Gasteiger partial charge in [-0.15, -0.1) is 11.8 Å². The Morgan fingerprint density at radius 1 is 1.17 bits per heavy atom. The van der Waals surface area contributed by atoms with E-state index >= 15 is 0 Å². The fourth-order valence-electron chi connectivity index (χ4n) is 2.64. The van der Waals surface area contributed by atoms with Crippen molar-refractivity contribution in [1.82, 2.24) is 4.98 Å². The average molecular weight is 345 g/mol. The molecule has 0 saturated carbocycles. The molecule has 2 aromatic rings. The van der Waals surface area contributed by atoms with Crippen molar-refractivity contribution in [2.45, 2.75) is 33.4 Å². The number of hydrogen-bond acceptors (Lipinski definition) is 4. The maximum absolute atomic E-state index is 12.5. The second-order valence-electron chi connectivity index (χ2n) is 5.69. The fraction of sp³-hybridized carbons (Fsp3) is 0.368. The molecule has 0 amide bonds. The van der Waals surface area contributed by atoms with Gasteiger partial charge in [0.15, 0.2) is 5.78 Å². The van der Waals surface area contributed by atoms with Crippen molar-refractivity contribution >= 4 is 23.5 Å². The Morgan fingerprint density at radius 2 is 1.88 bits per heavy atom. The number of aromatic amines is 1. The molecule has 0 spiro atoms. The Morgan fingerprint density at radius 3 is 2.54 bits per heavy atom. The molecular weight excluding hydrogens is 322 g/mol. The van der Waals surface area contributed by atoms with Gasteiger partial charge in [0, 0.05) is 11.4 Å². The first-order valence-electron chi connectivity index (χ1n) is 7.97. The average Bonchev–Trinajstić information content (AvgIpc) is 2.84. The van der Waals surface area contributed by atoms with E-state index in [0.29, 0.717) is 34.9 Å². The molecule has 5 heteroatoms. The molecule has 0 atom stereocenters. The van der Waals surface area contributed by atoms with Crippen molar-refractivity contribution in [3.05, 3.63) is 57.9 Å². The number of H-pyrrole nitrogens is 1. The molecule has 24 heavy (non-hydrogen) atoms. The lowest BCUT2D eigenvalue weighted by Gasteiger charge is -2.05. The highest BCUT2D eigenvalue weighted by Crippen LogP contribution is 2.22. The second-order valence-corrected chi connectivity index (χ2v) is 6.67. The summed E-state index contributed by atoms with van der Waals surface area (Å²) in [6.07, 6.45) is 0. The Balaban J connectivity index is 2.04. The van der Waals surface area contributed by atoms with Gasteiger partial charge < -0.3 is 9.72 Å². The predicted octanol–water partition coefficient (Wildman–Crippen LogP) is 4.23. The minimum absolute atomic E-state index is 0.00438. The summed E-state index contributed by atoms with van der Waals surface area (Å²) in [4.78, 5) is 27.5. The molecule has 1 aromatic heterocycles. The van der Waals surface area contributed by atoms with E-state index in [1.807, 2.05) is 12.1 Å². The van der Waals surface area contributed by atoms with Gasteiger partial charge in [0.1, 0.15) is 0 Å². The molecule has 1 aromatic carbocycles. The number of aryl methyl sites for hydroxylation is 2. The quantitative estimate of drug-likeness (QED) is 0.602. The first-order chi connectivity index (χ1) is 11.5. The summed E-state index contributed by atoms with van der Waals surface area (Å²) >= 11 is 1.58. The van der Waals surface area contributed by atoms with Crippen LogP contribution in [0.15, 0.2) is 24.3 Å². The SMILES string of the molecule is CCOC(=O)c1c(C)[nH]c(C(=O)CSCc2ccccc2C)c1C. The molecule has 0 aliphatic rings. The van der Waals surface area contributed by atoms with Crippen LogP contribution < -0.4 is 0 Å². The van der Waals surface area contributed by atoms with Crippen molar-refractivity contribution in [2.24, 2.45) is 0 Å². The molecule has 128 valence electrons. The number of nitrogens with one attached hydrogen (secondary N) is 1. The van der Waals surface area contributed by atoms with Gasteiger partial charge in [-0.3, -0.25) is 4.79 Å². The van der Waals surface area contributed by atoms with Crippen molar-refractivity contribution in [1.29, 1.82) is 0 Å². The molecule has 2 rings (SSSR count). The van der Waals surface area contributed by atoms with E-state index in [9.17, 15) is 9.59 Å². The zero-order valence-electron chi connectivity index (χ0n) is 14.6. The zero-order valence-corrected chi connectivity index (χ0v) is 15.4. The number of carbonyl (C=O) groups is 2. The van der Waals surface area contributed by atoms with Gasteiger partial charge in [0.2, 0.25) is 0 Å². The van der Waals surface area contributed by atoms with E-state index in [-0.39, 0.29) is 11.8 Å². The molecule has 1 N–H and O–H groups in total. The lowest BCUT2D eigenvalue weighted by Crippen LogP contribution is -2.08. The predicted molar refractivity (Wildman–Crippen MR) is 97.9 cm³/mol. The van der Waals surface area contributed by atoms with E-state index in [0.717, 1.165) is 5.75 Å². The zero-order chi connectivity index (χ0) is 17.7. The van der Waals surface area contributed by atoms with Crippen molar-refractivity contribution < 1.29 is 14.3 Å². The van der Waals surface area contributed by atoms with Gasteiger partial charge in [0.25, 0.3) is 0 Å². The first kappa shape index (κ1) is 18.3. The first-order valence-corrected chi connectivity index (χ1v) is 9.12. The van der Waals surface area contributed by atoms with E-state index in [2.05, 4.69) is 24.0 Å². The second kappa shape index (κ2) is 8.20. The number of esters is 1. The van der Waals surface area contributed by atoms with E-state index in [1.54, 1.807) is 32.5 Å². The van der Waals surface area contributed by atoms with Crippen LogP contribution in [0, 0.1) is 20.8 Å².